The topological polar surface area (TPSA) is 149 Å². The molecule has 10 nitrogen and oxygen atoms in total. The van der Waals surface area contributed by atoms with Crippen LogP contribution in [0.15, 0.2) is 11.1 Å². The minimum Gasteiger partial charge on any atom is -0.393 e. The second-order valence-corrected chi connectivity index (χ2v) is 5.57. The van der Waals surface area contributed by atoms with Crippen LogP contribution in [0.5, 0.6) is 0 Å². The molecule has 1 aliphatic rings. The normalized spacial score (nSPS) is 32.0. The Morgan fingerprint density at radius 3 is 2.77 bits per heavy atom. The average molecular weight is 311 g/mol. The second-order valence-electron chi connectivity index (χ2n) is 5.57. The van der Waals surface area contributed by atoms with Gasteiger partial charge in [0.05, 0.1) is 12.9 Å². The zero-order valence-electron chi connectivity index (χ0n) is 12.0. The monoisotopic (exact) mass is 311 g/mol. The molecule has 0 aliphatic carbocycles. The first-order valence-electron chi connectivity index (χ1n) is 6.64. The fourth-order valence-corrected chi connectivity index (χ4v) is 2.53. The molecular formula is C12H17N5O5. The molecule has 3 rings (SSSR count). The molecule has 0 aromatic carbocycles. The third kappa shape index (κ3) is 1.85. The predicted octanol–water partition coefficient (Wildman–Crippen LogP) is -2.29. The van der Waals surface area contributed by atoms with Crippen LogP contribution >= 0.6 is 0 Å². The van der Waals surface area contributed by atoms with E-state index in [0.717, 1.165) is 4.57 Å². The number of aliphatic hydroxyl groups is 3. The lowest BCUT2D eigenvalue weighted by Crippen LogP contribution is -2.43. The van der Waals surface area contributed by atoms with Gasteiger partial charge in [-0.25, -0.2) is 4.98 Å². The van der Waals surface area contributed by atoms with Gasteiger partial charge in [-0.2, -0.15) is 4.98 Å². The number of aliphatic hydroxyl groups excluding tert-OH is 3. The van der Waals surface area contributed by atoms with E-state index in [9.17, 15) is 20.1 Å². The summed E-state index contributed by atoms with van der Waals surface area (Å²) in [6.07, 6.45) is -2.39. The molecule has 0 amide bonds. The van der Waals surface area contributed by atoms with Crippen molar-refractivity contribution in [3.8, 4) is 0 Å². The Labute approximate surface area is 124 Å². The third-order valence-electron chi connectivity index (χ3n) is 4.06. The van der Waals surface area contributed by atoms with Gasteiger partial charge in [0.1, 0.15) is 17.8 Å². The standard InChI is InChI=1S/C12H17N5O5/c1-12(3-18)7(20)6(19)10(22-12)17-4-14-5-8(17)15-11(13)16(2)9(5)21/h4,6-7,10,18-20H,3H2,1-2H3,(H2,13,15)/t6-,7?,10+,12+/m0/s1. The van der Waals surface area contributed by atoms with E-state index in [1.54, 1.807) is 0 Å². The molecule has 4 atom stereocenters. The van der Waals surface area contributed by atoms with Crippen molar-refractivity contribution in [3.63, 3.8) is 0 Å². The Hall–Kier alpha value is -2.01. The number of nitrogens with zero attached hydrogens (tertiary/aromatic N) is 4. The summed E-state index contributed by atoms with van der Waals surface area (Å²) in [6, 6.07) is 0. The van der Waals surface area contributed by atoms with Gasteiger partial charge in [-0.3, -0.25) is 13.9 Å². The van der Waals surface area contributed by atoms with Gasteiger partial charge in [0.25, 0.3) is 5.56 Å². The van der Waals surface area contributed by atoms with Crippen molar-refractivity contribution < 1.29 is 20.1 Å². The summed E-state index contributed by atoms with van der Waals surface area (Å²) in [5, 5.41) is 29.6. The minimum absolute atomic E-state index is 0.0165. The van der Waals surface area contributed by atoms with Crippen molar-refractivity contribution in [1.82, 2.24) is 19.1 Å². The first-order chi connectivity index (χ1) is 10.3. The number of rotatable bonds is 2. The van der Waals surface area contributed by atoms with Crippen molar-refractivity contribution in [2.75, 3.05) is 12.3 Å². The predicted molar refractivity (Wildman–Crippen MR) is 74.8 cm³/mol. The maximum atomic E-state index is 12.1. The molecule has 0 spiro atoms. The summed E-state index contributed by atoms with van der Waals surface area (Å²) in [5.41, 5.74) is 4.12. The van der Waals surface area contributed by atoms with Crippen LogP contribution in [-0.4, -0.2) is 58.8 Å². The molecule has 2 aromatic heterocycles. The Balaban J connectivity index is 2.14. The average Bonchev–Trinajstić information content (AvgIpc) is 3.00. The Morgan fingerprint density at radius 1 is 1.50 bits per heavy atom. The highest BCUT2D eigenvalue weighted by Gasteiger charge is 2.52. The first kappa shape index (κ1) is 14.9. The molecule has 1 aliphatic heterocycles. The summed E-state index contributed by atoms with van der Waals surface area (Å²) >= 11 is 0. The SMILES string of the molecule is Cn1c(N)nc2c(ncn2[C@@H]2O[C@](C)(CO)C(O)[C@@H]2O)c1=O. The lowest BCUT2D eigenvalue weighted by Gasteiger charge is -2.24. The molecule has 0 bridgehead atoms. The van der Waals surface area contributed by atoms with E-state index in [4.69, 9.17) is 10.5 Å². The Kier molecular flexibility index (Phi) is 3.22. The van der Waals surface area contributed by atoms with Crippen molar-refractivity contribution >= 4 is 17.1 Å². The third-order valence-corrected chi connectivity index (χ3v) is 4.06. The quantitative estimate of drug-likeness (QED) is 0.484. The smallest absolute Gasteiger partial charge is 0.282 e. The van der Waals surface area contributed by atoms with Crippen molar-refractivity contribution in [2.24, 2.45) is 7.05 Å². The van der Waals surface area contributed by atoms with Crippen LogP contribution in [0.4, 0.5) is 5.95 Å². The number of hydrogen-bond donors (Lipinski definition) is 4. The van der Waals surface area contributed by atoms with Crippen LogP contribution in [0.3, 0.4) is 0 Å². The number of imidazole rings is 1. The molecule has 1 unspecified atom stereocenters. The molecule has 22 heavy (non-hydrogen) atoms. The zero-order chi connectivity index (χ0) is 16.2. The number of ether oxygens (including phenoxy) is 1. The molecule has 120 valence electrons. The molecule has 3 heterocycles. The molecule has 10 heteroatoms. The Morgan fingerprint density at radius 2 is 2.18 bits per heavy atom. The van der Waals surface area contributed by atoms with Gasteiger partial charge >= 0.3 is 0 Å². The van der Waals surface area contributed by atoms with Crippen LogP contribution in [0.2, 0.25) is 0 Å². The van der Waals surface area contributed by atoms with Crippen molar-refractivity contribution in [3.05, 3.63) is 16.7 Å². The van der Waals surface area contributed by atoms with Crippen LogP contribution in [0.25, 0.3) is 11.2 Å². The van der Waals surface area contributed by atoms with Gasteiger partial charge in [-0.1, -0.05) is 0 Å². The van der Waals surface area contributed by atoms with E-state index >= 15 is 0 Å². The number of aromatic nitrogens is 4. The largest absolute Gasteiger partial charge is 0.393 e. The summed E-state index contributed by atoms with van der Waals surface area (Å²) in [6.45, 7) is 0.993. The highest BCUT2D eigenvalue weighted by Crippen LogP contribution is 2.37. The maximum absolute atomic E-state index is 12.1. The number of hydrogen-bond acceptors (Lipinski definition) is 8. The molecular weight excluding hydrogens is 294 g/mol. The Bertz CT molecular complexity index is 786. The lowest BCUT2D eigenvalue weighted by atomic mass is 9.99. The van der Waals surface area contributed by atoms with Crippen LogP contribution < -0.4 is 11.3 Å². The number of nitrogen functional groups attached to an aromatic ring is 1. The summed E-state index contributed by atoms with van der Waals surface area (Å²) in [5.74, 6) is -0.0165. The van der Waals surface area contributed by atoms with Gasteiger partial charge < -0.3 is 25.8 Å². The van der Waals surface area contributed by atoms with Crippen molar-refractivity contribution in [2.45, 2.75) is 31.0 Å². The fraction of sp³-hybridized carbons (Fsp3) is 0.583. The maximum Gasteiger partial charge on any atom is 0.282 e. The molecule has 1 saturated heterocycles. The molecule has 5 N–H and O–H groups in total. The molecule has 1 fully saturated rings. The van der Waals surface area contributed by atoms with E-state index in [0.29, 0.717) is 0 Å². The van der Waals surface area contributed by atoms with E-state index < -0.39 is 36.2 Å². The highest BCUT2D eigenvalue weighted by atomic mass is 16.6. The van der Waals surface area contributed by atoms with Crippen LogP contribution in [0.1, 0.15) is 13.2 Å². The van der Waals surface area contributed by atoms with E-state index in [1.807, 2.05) is 0 Å². The molecule has 0 saturated carbocycles. The number of fused-ring (bicyclic) bond motifs is 1. The highest BCUT2D eigenvalue weighted by molar-refractivity contribution is 5.71. The second kappa shape index (κ2) is 4.74. The van der Waals surface area contributed by atoms with Gasteiger partial charge in [-0.05, 0) is 6.92 Å². The van der Waals surface area contributed by atoms with Crippen molar-refractivity contribution in [1.29, 1.82) is 0 Å². The summed E-state index contributed by atoms with van der Waals surface area (Å²) in [7, 11) is 1.47. The number of nitrogens with two attached hydrogens (primary N) is 1. The fourth-order valence-electron chi connectivity index (χ4n) is 2.53. The summed E-state index contributed by atoms with van der Waals surface area (Å²) in [4.78, 5) is 20.1. The van der Waals surface area contributed by atoms with Gasteiger partial charge in [0.15, 0.2) is 17.4 Å². The van der Waals surface area contributed by atoms with Gasteiger partial charge in [-0.15, -0.1) is 0 Å². The van der Waals surface area contributed by atoms with E-state index in [-0.39, 0.29) is 17.1 Å². The molecule has 2 aromatic rings. The lowest BCUT2D eigenvalue weighted by molar-refractivity contribution is -0.115. The van der Waals surface area contributed by atoms with E-state index in [2.05, 4.69) is 9.97 Å². The van der Waals surface area contributed by atoms with Crippen LogP contribution in [0, 0.1) is 0 Å². The zero-order valence-corrected chi connectivity index (χ0v) is 12.0. The van der Waals surface area contributed by atoms with E-state index in [1.165, 1.54) is 24.9 Å². The molecule has 0 radical (unpaired) electrons. The van der Waals surface area contributed by atoms with Gasteiger partial charge in [0, 0.05) is 7.05 Å². The summed E-state index contributed by atoms with van der Waals surface area (Å²) < 4.78 is 8.04. The number of anilines is 1. The van der Waals surface area contributed by atoms with Crippen LogP contribution in [-0.2, 0) is 11.8 Å². The first-order valence-corrected chi connectivity index (χ1v) is 6.64. The van der Waals surface area contributed by atoms with Gasteiger partial charge in [0.2, 0.25) is 5.95 Å². The minimum atomic E-state index is -1.33.